The van der Waals surface area contributed by atoms with E-state index < -0.39 is 5.97 Å². The minimum absolute atomic E-state index is 0.167. The van der Waals surface area contributed by atoms with E-state index in [0.29, 0.717) is 10.3 Å². The zero-order valence-corrected chi connectivity index (χ0v) is 11.7. The van der Waals surface area contributed by atoms with Gasteiger partial charge in [0, 0.05) is 12.7 Å². The Hall–Kier alpha value is -1.88. The van der Waals surface area contributed by atoms with Gasteiger partial charge in [-0.05, 0) is 34.0 Å². The summed E-state index contributed by atoms with van der Waals surface area (Å²) in [6.07, 6.45) is 2.23. The number of benzene rings is 1. The lowest BCUT2D eigenvalue weighted by Gasteiger charge is -2.08. The largest absolute Gasteiger partial charge is 0.478 e. The quantitative estimate of drug-likeness (QED) is 0.888. The SMILES string of the molecule is O=C(O)c1cnc(NCCc2ccccc2)c(Br)c1. The van der Waals surface area contributed by atoms with E-state index in [-0.39, 0.29) is 5.56 Å². The molecule has 1 aromatic heterocycles. The van der Waals surface area contributed by atoms with E-state index >= 15 is 0 Å². The minimum Gasteiger partial charge on any atom is -0.478 e. The lowest BCUT2D eigenvalue weighted by molar-refractivity contribution is 0.0696. The molecule has 0 saturated carbocycles. The van der Waals surface area contributed by atoms with Gasteiger partial charge in [0.05, 0.1) is 10.0 Å². The van der Waals surface area contributed by atoms with E-state index in [0.717, 1.165) is 13.0 Å². The average molecular weight is 321 g/mol. The topological polar surface area (TPSA) is 62.2 Å². The van der Waals surface area contributed by atoms with Crippen molar-refractivity contribution >= 4 is 27.7 Å². The Labute approximate surface area is 119 Å². The van der Waals surface area contributed by atoms with E-state index in [4.69, 9.17) is 5.11 Å². The first-order valence-electron chi connectivity index (χ1n) is 5.83. The fourth-order valence-electron chi connectivity index (χ4n) is 1.65. The van der Waals surface area contributed by atoms with Crippen molar-refractivity contribution in [2.75, 3.05) is 11.9 Å². The molecule has 0 spiro atoms. The van der Waals surface area contributed by atoms with Gasteiger partial charge in [-0.3, -0.25) is 0 Å². The van der Waals surface area contributed by atoms with Crippen LogP contribution in [0, 0.1) is 0 Å². The van der Waals surface area contributed by atoms with E-state index in [1.54, 1.807) is 6.07 Å². The zero-order chi connectivity index (χ0) is 13.7. The van der Waals surface area contributed by atoms with Gasteiger partial charge in [-0.2, -0.15) is 0 Å². The molecule has 1 heterocycles. The van der Waals surface area contributed by atoms with Gasteiger partial charge in [0.2, 0.25) is 0 Å². The Kier molecular flexibility index (Phi) is 4.52. The molecule has 0 saturated heterocycles. The Morgan fingerprint density at radius 2 is 2.05 bits per heavy atom. The number of nitrogens with one attached hydrogen (secondary N) is 1. The smallest absolute Gasteiger partial charge is 0.337 e. The first-order valence-corrected chi connectivity index (χ1v) is 6.63. The highest BCUT2D eigenvalue weighted by Gasteiger charge is 2.07. The maximum atomic E-state index is 10.8. The molecule has 19 heavy (non-hydrogen) atoms. The van der Waals surface area contributed by atoms with Crippen molar-refractivity contribution in [3.8, 4) is 0 Å². The van der Waals surface area contributed by atoms with Crippen molar-refractivity contribution in [1.29, 1.82) is 0 Å². The number of pyridine rings is 1. The Balaban J connectivity index is 1.95. The Morgan fingerprint density at radius 3 is 2.68 bits per heavy atom. The van der Waals surface area contributed by atoms with E-state index in [1.807, 2.05) is 18.2 Å². The number of carbonyl (C=O) groups is 1. The highest BCUT2D eigenvalue weighted by molar-refractivity contribution is 9.10. The van der Waals surface area contributed by atoms with Gasteiger partial charge in [-0.1, -0.05) is 30.3 Å². The number of nitrogens with zero attached hydrogens (tertiary/aromatic N) is 1. The number of hydrogen-bond donors (Lipinski definition) is 2. The van der Waals surface area contributed by atoms with Crippen LogP contribution < -0.4 is 5.32 Å². The minimum atomic E-state index is -0.982. The van der Waals surface area contributed by atoms with Gasteiger partial charge in [0.1, 0.15) is 5.82 Å². The van der Waals surface area contributed by atoms with Crippen LogP contribution in [0.5, 0.6) is 0 Å². The maximum Gasteiger partial charge on any atom is 0.337 e. The molecule has 0 aliphatic rings. The maximum absolute atomic E-state index is 10.8. The monoisotopic (exact) mass is 320 g/mol. The summed E-state index contributed by atoms with van der Waals surface area (Å²) < 4.78 is 0.653. The van der Waals surface area contributed by atoms with Gasteiger partial charge in [-0.25, -0.2) is 9.78 Å². The predicted molar refractivity (Wildman–Crippen MR) is 77.5 cm³/mol. The Bertz CT molecular complexity index is 573. The molecule has 2 aromatic rings. The van der Waals surface area contributed by atoms with E-state index in [2.05, 4.69) is 38.4 Å². The number of rotatable bonds is 5. The van der Waals surface area contributed by atoms with Crippen molar-refractivity contribution in [3.63, 3.8) is 0 Å². The lowest BCUT2D eigenvalue weighted by atomic mass is 10.1. The van der Waals surface area contributed by atoms with Crippen molar-refractivity contribution < 1.29 is 9.90 Å². The molecule has 0 fully saturated rings. The van der Waals surface area contributed by atoms with Gasteiger partial charge in [-0.15, -0.1) is 0 Å². The van der Waals surface area contributed by atoms with Crippen LogP contribution in [-0.4, -0.2) is 22.6 Å². The highest BCUT2D eigenvalue weighted by Crippen LogP contribution is 2.20. The van der Waals surface area contributed by atoms with Gasteiger partial charge in [0.15, 0.2) is 0 Å². The van der Waals surface area contributed by atoms with Crippen LogP contribution in [0.3, 0.4) is 0 Å². The average Bonchev–Trinajstić information content (AvgIpc) is 2.41. The van der Waals surface area contributed by atoms with Crippen molar-refractivity contribution in [3.05, 3.63) is 58.2 Å². The number of carboxylic acid groups (broad SMARTS) is 1. The second-order valence-corrected chi connectivity index (χ2v) is 4.88. The van der Waals surface area contributed by atoms with Gasteiger partial charge >= 0.3 is 5.97 Å². The molecular weight excluding hydrogens is 308 g/mol. The number of halogens is 1. The summed E-state index contributed by atoms with van der Waals surface area (Å²) >= 11 is 3.31. The molecule has 0 amide bonds. The fraction of sp³-hybridized carbons (Fsp3) is 0.143. The summed E-state index contributed by atoms with van der Waals surface area (Å²) in [5.74, 6) is -0.329. The molecule has 0 unspecified atom stereocenters. The second kappa shape index (κ2) is 6.33. The normalized spacial score (nSPS) is 10.2. The third kappa shape index (κ3) is 3.79. The summed E-state index contributed by atoms with van der Waals surface area (Å²) in [5.41, 5.74) is 1.41. The lowest BCUT2D eigenvalue weighted by Crippen LogP contribution is -2.08. The van der Waals surface area contributed by atoms with Crippen LogP contribution in [0.1, 0.15) is 15.9 Å². The van der Waals surface area contributed by atoms with Crippen molar-refractivity contribution in [1.82, 2.24) is 4.98 Å². The molecule has 98 valence electrons. The highest BCUT2D eigenvalue weighted by atomic mass is 79.9. The first kappa shape index (κ1) is 13.5. The van der Waals surface area contributed by atoms with E-state index in [1.165, 1.54) is 11.8 Å². The van der Waals surface area contributed by atoms with Crippen LogP contribution in [0.25, 0.3) is 0 Å². The summed E-state index contributed by atoms with van der Waals surface area (Å²) in [7, 11) is 0. The number of hydrogen-bond acceptors (Lipinski definition) is 3. The van der Waals surface area contributed by atoms with Crippen LogP contribution >= 0.6 is 15.9 Å². The van der Waals surface area contributed by atoms with Crippen LogP contribution in [-0.2, 0) is 6.42 Å². The Morgan fingerprint density at radius 1 is 1.32 bits per heavy atom. The molecule has 0 aliphatic heterocycles. The van der Waals surface area contributed by atoms with E-state index in [9.17, 15) is 4.79 Å². The summed E-state index contributed by atoms with van der Waals surface area (Å²) in [4.78, 5) is 14.9. The number of aromatic nitrogens is 1. The van der Waals surface area contributed by atoms with Gasteiger partial charge in [0.25, 0.3) is 0 Å². The third-order valence-electron chi connectivity index (χ3n) is 2.64. The molecular formula is C14H13BrN2O2. The summed E-state index contributed by atoms with van der Waals surface area (Å²) in [6.45, 7) is 0.738. The van der Waals surface area contributed by atoms with Crippen LogP contribution in [0.15, 0.2) is 47.1 Å². The molecule has 4 nitrogen and oxygen atoms in total. The fourth-order valence-corrected chi connectivity index (χ4v) is 2.14. The van der Waals surface area contributed by atoms with Crippen LogP contribution in [0.2, 0.25) is 0 Å². The molecule has 0 atom stereocenters. The third-order valence-corrected chi connectivity index (χ3v) is 3.24. The molecule has 0 aliphatic carbocycles. The molecule has 0 bridgehead atoms. The molecule has 5 heteroatoms. The molecule has 2 rings (SSSR count). The molecule has 0 radical (unpaired) electrons. The molecule has 2 N–H and O–H groups in total. The van der Waals surface area contributed by atoms with Crippen molar-refractivity contribution in [2.45, 2.75) is 6.42 Å². The summed E-state index contributed by atoms with van der Waals surface area (Å²) in [5, 5.41) is 12.0. The zero-order valence-electron chi connectivity index (χ0n) is 10.1. The number of anilines is 1. The standard InChI is InChI=1S/C14H13BrN2O2/c15-12-8-11(14(18)19)9-17-13(12)16-7-6-10-4-2-1-3-5-10/h1-5,8-9H,6-7H2,(H,16,17)(H,18,19). The summed E-state index contributed by atoms with van der Waals surface area (Å²) in [6, 6.07) is 11.7. The van der Waals surface area contributed by atoms with Gasteiger partial charge < -0.3 is 10.4 Å². The number of aromatic carboxylic acids is 1. The predicted octanol–water partition coefficient (Wildman–Crippen LogP) is 3.20. The second-order valence-electron chi connectivity index (χ2n) is 4.02. The first-order chi connectivity index (χ1) is 9.16. The van der Waals surface area contributed by atoms with Crippen LogP contribution in [0.4, 0.5) is 5.82 Å². The molecule has 1 aromatic carbocycles. The number of carboxylic acids is 1. The van der Waals surface area contributed by atoms with Crippen molar-refractivity contribution in [2.24, 2.45) is 0 Å².